The molecule has 2 rings (SSSR count). The summed E-state index contributed by atoms with van der Waals surface area (Å²) in [5.74, 6) is 0.770. The summed E-state index contributed by atoms with van der Waals surface area (Å²) in [4.78, 5) is 10.8. The first-order chi connectivity index (χ1) is 11.8. The van der Waals surface area contributed by atoms with Crippen LogP contribution in [-0.2, 0) is 0 Å². The van der Waals surface area contributed by atoms with Gasteiger partial charge in [-0.3, -0.25) is 4.90 Å². The van der Waals surface area contributed by atoms with Crippen LogP contribution in [0, 0.1) is 13.8 Å². The number of aryl methyl sites for hydroxylation is 2. The summed E-state index contributed by atoms with van der Waals surface area (Å²) in [6.45, 7) is 4.14. The molecule has 4 nitrogen and oxygen atoms in total. The number of rotatable bonds is 2. The standard InChI is InChI=1S/C20H26N4S/c1-15-7-11-17(12-8-15)21-19(22(3)4)24(20(25)23(5)6)18-13-9-16(2)10-14-18/h7-14H,1-6H3. The molecule has 132 valence electrons. The van der Waals surface area contributed by atoms with E-state index >= 15 is 0 Å². The Labute approximate surface area is 156 Å². The van der Waals surface area contributed by atoms with Crippen LogP contribution in [0.25, 0.3) is 0 Å². The summed E-state index contributed by atoms with van der Waals surface area (Å²) in [6, 6.07) is 16.5. The van der Waals surface area contributed by atoms with E-state index in [0.717, 1.165) is 17.3 Å². The van der Waals surface area contributed by atoms with Gasteiger partial charge in [0, 0.05) is 28.2 Å². The first-order valence-corrected chi connectivity index (χ1v) is 8.61. The molecule has 0 N–H and O–H groups in total. The Balaban J connectivity index is 2.55. The lowest BCUT2D eigenvalue weighted by Gasteiger charge is -2.33. The predicted molar refractivity (Wildman–Crippen MR) is 112 cm³/mol. The Kier molecular flexibility index (Phi) is 6.15. The fourth-order valence-electron chi connectivity index (χ4n) is 2.29. The molecule has 2 aromatic carbocycles. The second-order valence-corrected chi connectivity index (χ2v) is 6.85. The first-order valence-electron chi connectivity index (χ1n) is 8.20. The zero-order chi connectivity index (χ0) is 18.6. The minimum Gasteiger partial charge on any atom is -0.355 e. The summed E-state index contributed by atoms with van der Waals surface area (Å²) in [5.41, 5.74) is 4.31. The molecule has 0 bridgehead atoms. The van der Waals surface area contributed by atoms with Gasteiger partial charge < -0.3 is 9.80 Å². The number of anilines is 1. The van der Waals surface area contributed by atoms with Crippen LogP contribution in [-0.4, -0.2) is 49.1 Å². The largest absolute Gasteiger partial charge is 0.355 e. The van der Waals surface area contributed by atoms with Crippen molar-refractivity contribution in [3.05, 3.63) is 59.7 Å². The number of thiocarbonyl (C=S) groups is 1. The van der Waals surface area contributed by atoms with E-state index in [-0.39, 0.29) is 0 Å². The van der Waals surface area contributed by atoms with E-state index in [4.69, 9.17) is 17.2 Å². The molecule has 0 aromatic heterocycles. The summed E-state index contributed by atoms with van der Waals surface area (Å²) in [6.07, 6.45) is 0. The highest BCUT2D eigenvalue weighted by atomic mass is 32.1. The molecule has 0 atom stereocenters. The van der Waals surface area contributed by atoms with Crippen LogP contribution >= 0.6 is 12.2 Å². The smallest absolute Gasteiger partial charge is 0.212 e. The van der Waals surface area contributed by atoms with Gasteiger partial charge in [0.2, 0.25) is 5.96 Å². The molecule has 0 spiro atoms. The number of guanidine groups is 1. The molecule has 0 unspecified atom stereocenters. The van der Waals surface area contributed by atoms with Crippen molar-refractivity contribution in [2.24, 2.45) is 4.99 Å². The van der Waals surface area contributed by atoms with Crippen LogP contribution in [0.3, 0.4) is 0 Å². The van der Waals surface area contributed by atoms with Crippen LogP contribution in [0.2, 0.25) is 0 Å². The third-order valence-corrected chi connectivity index (χ3v) is 4.28. The molecule has 0 fully saturated rings. The van der Waals surface area contributed by atoms with Crippen molar-refractivity contribution >= 4 is 34.7 Å². The van der Waals surface area contributed by atoms with Crippen LogP contribution < -0.4 is 4.90 Å². The lowest BCUT2D eigenvalue weighted by Crippen LogP contribution is -2.48. The zero-order valence-corrected chi connectivity index (χ0v) is 16.6. The quantitative estimate of drug-likeness (QED) is 0.458. The van der Waals surface area contributed by atoms with Gasteiger partial charge in [0.1, 0.15) is 0 Å². The molecule has 0 aliphatic carbocycles. The van der Waals surface area contributed by atoms with Gasteiger partial charge in [-0.1, -0.05) is 35.4 Å². The van der Waals surface area contributed by atoms with Gasteiger partial charge in [-0.05, 0) is 50.3 Å². The Bertz CT molecular complexity index is 746. The second kappa shape index (κ2) is 8.12. The topological polar surface area (TPSA) is 22.1 Å². The van der Waals surface area contributed by atoms with Crippen molar-refractivity contribution in [1.82, 2.24) is 9.80 Å². The fourth-order valence-corrected chi connectivity index (χ4v) is 2.48. The summed E-state index contributed by atoms with van der Waals surface area (Å²) < 4.78 is 0. The van der Waals surface area contributed by atoms with E-state index in [1.807, 2.05) is 55.0 Å². The summed E-state index contributed by atoms with van der Waals surface area (Å²) in [7, 11) is 7.85. The van der Waals surface area contributed by atoms with Crippen molar-refractivity contribution < 1.29 is 0 Å². The summed E-state index contributed by atoms with van der Waals surface area (Å²) in [5, 5.41) is 0.684. The number of nitrogens with zero attached hydrogens (tertiary/aromatic N) is 4. The van der Waals surface area contributed by atoms with Crippen molar-refractivity contribution in [1.29, 1.82) is 0 Å². The molecular weight excluding hydrogens is 328 g/mol. The van der Waals surface area contributed by atoms with Crippen molar-refractivity contribution in [2.45, 2.75) is 13.8 Å². The van der Waals surface area contributed by atoms with E-state index in [9.17, 15) is 0 Å². The van der Waals surface area contributed by atoms with Crippen molar-refractivity contribution in [2.75, 3.05) is 33.1 Å². The van der Waals surface area contributed by atoms with Gasteiger partial charge in [-0.15, -0.1) is 0 Å². The number of hydrogen-bond donors (Lipinski definition) is 0. The number of aliphatic imine (C=N–C) groups is 1. The Morgan fingerprint density at radius 3 is 1.68 bits per heavy atom. The molecular formula is C20H26N4S. The third kappa shape index (κ3) is 4.79. The van der Waals surface area contributed by atoms with E-state index in [2.05, 4.69) is 50.2 Å². The van der Waals surface area contributed by atoms with Crippen molar-refractivity contribution in [3.8, 4) is 0 Å². The van der Waals surface area contributed by atoms with Crippen LogP contribution in [0.1, 0.15) is 11.1 Å². The molecule has 0 radical (unpaired) electrons. The second-order valence-electron chi connectivity index (χ2n) is 6.49. The normalized spacial score (nSPS) is 11.2. The molecule has 0 amide bonds. The molecule has 0 saturated carbocycles. The van der Waals surface area contributed by atoms with Crippen LogP contribution in [0.5, 0.6) is 0 Å². The van der Waals surface area contributed by atoms with E-state index in [1.54, 1.807) is 0 Å². The van der Waals surface area contributed by atoms with Gasteiger partial charge in [0.05, 0.1) is 11.4 Å². The Morgan fingerprint density at radius 2 is 1.24 bits per heavy atom. The summed E-state index contributed by atoms with van der Waals surface area (Å²) >= 11 is 5.69. The lowest BCUT2D eigenvalue weighted by atomic mass is 10.2. The highest BCUT2D eigenvalue weighted by molar-refractivity contribution is 7.80. The van der Waals surface area contributed by atoms with Gasteiger partial charge in [0.15, 0.2) is 5.11 Å². The molecule has 5 heteroatoms. The lowest BCUT2D eigenvalue weighted by molar-refractivity contribution is 0.594. The average molecular weight is 355 g/mol. The minimum atomic E-state index is 0.684. The molecule has 0 aliphatic rings. The maximum atomic E-state index is 5.69. The fraction of sp³-hybridized carbons (Fsp3) is 0.300. The molecule has 25 heavy (non-hydrogen) atoms. The van der Waals surface area contributed by atoms with E-state index < -0.39 is 0 Å². The monoisotopic (exact) mass is 354 g/mol. The van der Waals surface area contributed by atoms with Crippen LogP contribution in [0.15, 0.2) is 53.5 Å². The van der Waals surface area contributed by atoms with E-state index in [0.29, 0.717) is 5.11 Å². The number of hydrogen-bond acceptors (Lipinski definition) is 2. The highest BCUT2D eigenvalue weighted by Crippen LogP contribution is 2.21. The zero-order valence-electron chi connectivity index (χ0n) is 15.8. The van der Waals surface area contributed by atoms with E-state index in [1.165, 1.54) is 11.1 Å². The molecule has 0 heterocycles. The van der Waals surface area contributed by atoms with Gasteiger partial charge in [-0.25, -0.2) is 4.99 Å². The molecule has 0 saturated heterocycles. The maximum absolute atomic E-state index is 5.69. The van der Waals surface area contributed by atoms with Gasteiger partial charge >= 0.3 is 0 Å². The Morgan fingerprint density at radius 1 is 0.760 bits per heavy atom. The maximum Gasteiger partial charge on any atom is 0.212 e. The number of benzene rings is 2. The SMILES string of the molecule is Cc1ccc(N=C(N(C)C)N(C(=S)N(C)C)c2ccc(C)cc2)cc1. The van der Waals surface area contributed by atoms with Crippen LogP contribution in [0.4, 0.5) is 11.4 Å². The van der Waals surface area contributed by atoms with Gasteiger partial charge in [-0.2, -0.15) is 0 Å². The first kappa shape index (κ1) is 18.9. The minimum absolute atomic E-state index is 0.684. The van der Waals surface area contributed by atoms with Gasteiger partial charge in [0.25, 0.3) is 0 Å². The predicted octanol–water partition coefficient (Wildman–Crippen LogP) is 4.21. The molecule has 0 aliphatic heterocycles. The Hall–Kier alpha value is -2.40. The average Bonchev–Trinajstić information content (AvgIpc) is 2.57. The molecule has 2 aromatic rings. The third-order valence-electron chi connectivity index (χ3n) is 3.73. The van der Waals surface area contributed by atoms with Crippen molar-refractivity contribution in [3.63, 3.8) is 0 Å². The highest BCUT2D eigenvalue weighted by Gasteiger charge is 2.22.